The van der Waals surface area contributed by atoms with Crippen LogP contribution in [0.1, 0.15) is 348 Å². The first-order valence-corrected chi connectivity index (χ1v) is 35.9. The van der Waals surface area contributed by atoms with Crippen molar-refractivity contribution in [3.05, 3.63) is 36.5 Å². The van der Waals surface area contributed by atoms with Crippen LogP contribution in [0.3, 0.4) is 0 Å². The summed E-state index contributed by atoms with van der Waals surface area (Å²) in [4.78, 5) is 23.4. The van der Waals surface area contributed by atoms with Crippen LogP contribution in [0.4, 0.5) is 0 Å². The highest BCUT2D eigenvalue weighted by Gasteiger charge is 2.28. The fourth-order valence-corrected chi connectivity index (χ4v) is 11.2. The minimum Gasteiger partial charge on any atom is -0.387 e. The van der Waals surface area contributed by atoms with E-state index in [9.17, 15) is 19.4 Å². The van der Waals surface area contributed by atoms with Crippen molar-refractivity contribution in [2.45, 2.75) is 360 Å². The summed E-state index contributed by atoms with van der Waals surface area (Å²) in [5.74, 6) is -0.184. The molecule has 0 aromatic heterocycles. The Bertz CT molecular complexity index is 1360. The number of carbonyl (C=O) groups excluding carboxylic acids is 1. The minimum atomic E-state index is -4.36. The highest BCUT2D eigenvalue weighted by molar-refractivity contribution is 7.47. The number of aliphatic hydroxyl groups excluding tert-OH is 1. The Morgan fingerprint density at radius 1 is 0.423 bits per heavy atom. The summed E-state index contributed by atoms with van der Waals surface area (Å²) in [5.41, 5.74) is 0. The maximum atomic E-state index is 13.0. The van der Waals surface area contributed by atoms with Gasteiger partial charge in [-0.15, -0.1) is 0 Å². The molecular formula is C69H136N2O6P+. The quantitative estimate of drug-likeness (QED) is 0.0243. The van der Waals surface area contributed by atoms with Gasteiger partial charge in [-0.05, 0) is 44.9 Å². The molecule has 0 saturated heterocycles. The summed E-state index contributed by atoms with van der Waals surface area (Å²) in [5, 5.41) is 13.9. The number of rotatable bonds is 64. The molecule has 0 radical (unpaired) electrons. The van der Waals surface area contributed by atoms with Crippen molar-refractivity contribution in [3.8, 4) is 0 Å². The summed E-state index contributed by atoms with van der Waals surface area (Å²) < 4.78 is 23.7. The molecule has 0 saturated carbocycles. The van der Waals surface area contributed by atoms with E-state index in [2.05, 4.69) is 43.5 Å². The van der Waals surface area contributed by atoms with Crippen molar-refractivity contribution in [1.29, 1.82) is 0 Å². The fraction of sp³-hybridized carbons (Fsp3) is 0.899. The number of phosphoric ester groups is 1. The maximum Gasteiger partial charge on any atom is 0.472 e. The number of nitrogens with one attached hydrogen (secondary N) is 1. The van der Waals surface area contributed by atoms with E-state index in [0.717, 1.165) is 44.9 Å². The van der Waals surface area contributed by atoms with Crippen molar-refractivity contribution in [2.75, 3.05) is 40.9 Å². The number of phosphoric acid groups is 1. The molecule has 0 rings (SSSR count). The Kier molecular flexibility index (Phi) is 59.3. The van der Waals surface area contributed by atoms with Crippen LogP contribution in [0, 0.1) is 0 Å². The Morgan fingerprint density at radius 3 is 1.03 bits per heavy atom. The van der Waals surface area contributed by atoms with Gasteiger partial charge in [0.1, 0.15) is 13.2 Å². The van der Waals surface area contributed by atoms with Crippen LogP contribution in [0.5, 0.6) is 0 Å². The second-order valence-electron chi connectivity index (χ2n) is 24.9. The lowest BCUT2D eigenvalue weighted by atomic mass is 10.0. The lowest BCUT2D eigenvalue weighted by Crippen LogP contribution is -2.45. The third-order valence-electron chi connectivity index (χ3n) is 15.8. The van der Waals surface area contributed by atoms with Gasteiger partial charge in [0.25, 0.3) is 0 Å². The smallest absolute Gasteiger partial charge is 0.387 e. The number of likely N-dealkylation sites (N-methyl/N-ethyl adjacent to an activating group) is 1. The lowest BCUT2D eigenvalue weighted by molar-refractivity contribution is -0.870. The summed E-state index contributed by atoms with van der Waals surface area (Å²) in [7, 11) is 1.56. The molecule has 0 fully saturated rings. The van der Waals surface area contributed by atoms with Gasteiger partial charge in [-0.3, -0.25) is 13.8 Å². The average molecular weight is 1120 g/mol. The Labute approximate surface area is 487 Å². The number of nitrogens with zero attached hydrogens (tertiary/aromatic N) is 1. The number of allylic oxidation sites excluding steroid dienone is 5. The monoisotopic (exact) mass is 1120 g/mol. The number of quaternary nitrogens is 1. The van der Waals surface area contributed by atoms with Crippen LogP contribution < -0.4 is 5.32 Å². The van der Waals surface area contributed by atoms with Crippen molar-refractivity contribution in [1.82, 2.24) is 5.32 Å². The molecule has 8 nitrogen and oxygen atoms in total. The zero-order valence-electron chi connectivity index (χ0n) is 52.9. The number of hydrogen-bond donors (Lipinski definition) is 3. The number of carbonyl (C=O) groups is 1. The van der Waals surface area contributed by atoms with E-state index in [1.165, 1.54) is 283 Å². The van der Waals surface area contributed by atoms with E-state index in [1.54, 1.807) is 6.08 Å². The first-order valence-electron chi connectivity index (χ1n) is 34.4. The minimum absolute atomic E-state index is 0.0552. The molecule has 0 aromatic rings. The molecule has 0 aliphatic heterocycles. The molecule has 9 heteroatoms. The van der Waals surface area contributed by atoms with Gasteiger partial charge >= 0.3 is 7.82 Å². The molecule has 0 heterocycles. The number of aliphatic hydroxyl groups is 1. The number of unbranched alkanes of at least 4 members (excludes halogenated alkanes) is 47. The van der Waals surface area contributed by atoms with E-state index in [4.69, 9.17) is 9.05 Å². The third-order valence-corrected chi connectivity index (χ3v) is 16.8. The normalized spacial score (nSPS) is 13.9. The third kappa shape index (κ3) is 62.3. The predicted octanol–water partition coefficient (Wildman–Crippen LogP) is 21.7. The van der Waals surface area contributed by atoms with Crippen molar-refractivity contribution in [2.24, 2.45) is 0 Å². The van der Waals surface area contributed by atoms with E-state index in [-0.39, 0.29) is 19.1 Å². The molecule has 78 heavy (non-hydrogen) atoms. The van der Waals surface area contributed by atoms with Gasteiger partial charge in [0, 0.05) is 6.42 Å². The molecule has 1 amide bonds. The Hall–Kier alpha value is -1.28. The van der Waals surface area contributed by atoms with Crippen molar-refractivity contribution < 1.29 is 32.9 Å². The first kappa shape index (κ1) is 76.7. The van der Waals surface area contributed by atoms with E-state index >= 15 is 0 Å². The first-order chi connectivity index (χ1) is 38.0. The summed E-state index contributed by atoms with van der Waals surface area (Å²) in [6, 6.07) is -0.868. The van der Waals surface area contributed by atoms with Gasteiger partial charge in [0.05, 0.1) is 39.9 Å². The summed E-state index contributed by atoms with van der Waals surface area (Å²) >= 11 is 0. The molecule has 3 N–H and O–H groups in total. The SMILES string of the molecule is CCCCCCCCCC/C=C/CC/C=C/CC/C=C/C(O)C(COP(=O)(O)OCC[N+](C)(C)C)NC(=O)CCCCCCCCCCCCCCCCCCCCCCCCCCCCCCCCCCCCCCCC. The zero-order valence-corrected chi connectivity index (χ0v) is 53.8. The summed E-state index contributed by atoms with van der Waals surface area (Å²) in [6.07, 6.45) is 80.3. The second kappa shape index (κ2) is 60.3. The highest BCUT2D eigenvalue weighted by Crippen LogP contribution is 2.43. The van der Waals surface area contributed by atoms with Gasteiger partial charge in [-0.2, -0.15) is 0 Å². The Morgan fingerprint density at radius 2 is 0.705 bits per heavy atom. The van der Waals surface area contributed by atoms with Crippen LogP contribution in [-0.4, -0.2) is 73.4 Å². The van der Waals surface area contributed by atoms with Gasteiger partial charge < -0.3 is 19.8 Å². The fourth-order valence-electron chi connectivity index (χ4n) is 10.5. The van der Waals surface area contributed by atoms with E-state index in [0.29, 0.717) is 17.4 Å². The standard InChI is InChI=1S/C69H135N2O6P/c1-6-8-10-12-14-16-18-20-22-24-26-27-28-29-30-31-32-33-34-35-36-37-38-39-40-41-42-43-44-45-47-49-51-53-55-57-59-61-63-69(73)70-67(66-77-78(74,75)76-65-64-71(3,4)5)68(72)62-60-58-56-54-52-50-48-46-25-23-21-19-17-15-13-11-9-7-2/h25,46,52,54,60,62,67-68,72H,6-24,26-45,47-51,53,55-59,61,63-66H2,1-5H3,(H-,70,73,74,75)/p+1/b46-25+,54-52+,62-60+. The van der Waals surface area contributed by atoms with Crippen LogP contribution in [0.15, 0.2) is 36.5 Å². The van der Waals surface area contributed by atoms with Crippen LogP contribution >= 0.6 is 7.82 Å². The predicted molar refractivity (Wildman–Crippen MR) is 341 cm³/mol. The molecule has 0 spiro atoms. The van der Waals surface area contributed by atoms with Gasteiger partial charge in [0.2, 0.25) is 5.91 Å². The second-order valence-corrected chi connectivity index (χ2v) is 26.4. The van der Waals surface area contributed by atoms with E-state index in [1.807, 2.05) is 27.2 Å². The van der Waals surface area contributed by atoms with Gasteiger partial charge in [0.15, 0.2) is 0 Å². The average Bonchev–Trinajstić information content (AvgIpc) is 3.41. The number of hydrogen-bond acceptors (Lipinski definition) is 5. The van der Waals surface area contributed by atoms with Crippen LogP contribution in [-0.2, 0) is 18.4 Å². The molecule has 3 unspecified atom stereocenters. The molecule has 0 aliphatic rings. The van der Waals surface area contributed by atoms with Crippen molar-refractivity contribution >= 4 is 13.7 Å². The molecule has 462 valence electrons. The zero-order chi connectivity index (χ0) is 57.0. The van der Waals surface area contributed by atoms with Crippen LogP contribution in [0.2, 0.25) is 0 Å². The molecule has 0 aliphatic carbocycles. The van der Waals surface area contributed by atoms with Crippen molar-refractivity contribution in [3.63, 3.8) is 0 Å². The highest BCUT2D eigenvalue weighted by atomic mass is 31.2. The van der Waals surface area contributed by atoms with Gasteiger partial charge in [-0.1, -0.05) is 333 Å². The molecule has 0 bridgehead atoms. The summed E-state index contributed by atoms with van der Waals surface area (Å²) in [6.45, 7) is 4.83. The largest absolute Gasteiger partial charge is 0.472 e. The van der Waals surface area contributed by atoms with Gasteiger partial charge in [-0.25, -0.2) is 4.57 Å². The number of amides is 1. The van der Waals surface area contributed by atoms with E-state index < -0.39 is 20.0 Å². The molecular weight excluding hydrogens is 984 g/mol. The molecule has 0 aromatic carbocycles. The molecule has 3 atom stereocenters. The Balaban J connectivity index is 3.94. The maximum absolute atomic E-state index is 13.0. The lowest BCUT2D eigenvalue weighted by Gasteiger charge is -2.25. The topological polar surface area (TPSA) is 105 Å². The van der Waals surface area contributed by atoms with Crippen LogP contribution in [0.25, 0.3) is 0 Å².